The second-order valence-electron chi connectivity index (χ2n) is 4.41. The van der Waals surface area contributed by atoms with Gasteiger partial charge >= 0.3 is 0 Å². The van der Waals surface area contributed by atoms with Gasteiger partial charge in [-0.05, 0) is 26.1 Å². The van der Waals surface area contributed by atoms with Crippen molar-refractivity contribution in [1.82, 2.24) is 15.3 Å². The maximum atomic E-state index is 5.45. The van der Waals surface area contributed by atoms with Crippen molar-refractivity contribution in [3.05, 3.63) is 47.5 Å². The first-order valence-corrected chi connectivity index (χ1v) is 6.37. The minimum Gasteiger partial charge on any atom is -0.497 e. The molecule has 0 spiro atoms. The van der Waals surface area contributed by atoms with E-state index in [0.717, 1.165) is 28.5 Å². The van der Waals surface area contributed by atoms with E-state index in [-0.39, 0.29) is 6.04 Å². The maximum absolute atomic E-state index is 5.45. The van der Waals surface area contributed by atoms with Crippen LogP contribution in [0.1, 0.15) is 23.0 Å². The lowest BCUT2D eigenvalue weighted by Gasteiger charge is -2.19. The molecule has 20 heavy (non-hydrogen) atoms. The molecule has 2 rings (SSSR count). The van der Waals surface area contributed by atoms with Gasteiger partial charge in [0.1, 0.15) is 11.5 Å². The molecule has 1 atom stereocenters. The Kier molecular flexibility index (Phi) is 4.53. The second-order valence-corrected chi connectivity index (χ2v) is 4.41. The molecule has 2 aromatic rings. The number of rotatable bonds is 5. The Balaban J connectivity index is 2.43. The zero-order valence-corrected chi connectivity index (χ0v) is 12.2. The van der Waals surface area contributed by atoms with Gasteiger partial charge in [0.25, 0.3) is 0 Å². The topological polar surface area (TPSA) is 56.3 Å². The molecule has 1 aromatic carbocycles. The summed E-state index contributed by atoms with van der Waals surface area (Å²) in [6.07, 6.45) is 3.54. The fourth-order valence-corrected chi connectivity index (χ4v) is 2.07. The van der Waals surface area contributed by atoms with Crippen LogP contribution in [-0.2, 0) is 0 Å². The van der Waals surface area contributed by atoms with Gasteiger partial charge in [-0.2, -0.15) is 0 Å². The Labute approximate surface area is 119 Å². The second kappa shape index (κ2) is 6.34. The van der Waals surface area contributed by atoms with Crippen molar-refractivity contribution < 1.29 is 9.47 Å². The molecule has 0 bridgehead atoms. The third-order valence-corrected chi connectivity index (χ3v) is 3.14. The van der Waals surface area contributed by atoms with Crippen molar-refractivity contribution in [2.75, 3.05) is 21.3 Å². The van der Waals surface area contributed by atoms with E-state index in [2.05, 4.69) is 15.3 Å². The van der Waals surface area contributed by atoms with E-state index in [4.69, 9.17) is 9.47 Å². The van der Waals surface area contributed by atoms with Gasteiger partial charge in [0.2, 0.25) is 0 Å². The summed E-state index contributed by atoms with van der Waals surface area (Å²) in [4.78, 5) is 8.73. The molecule has 5 nitrogen and oxygen atoms in total. The SMILES string of the molecule is CNC(c1cnc(C)cn1)c1ccc(OC)cc1OC. The molecule has 1 unspecified atom stereocenters. The van der Waals surface area contributed by atoms with E-state index < -0.39 is 0 Å². The van der Waals surface area contributed by atoms with Crippen molar-refractivity contribution in [2.45, 2.75) is 13.0 Å². The van der Waals surface area contributed by atoms with Crippen LogP contribution >= 0.6 is 0 Å². The molecule has 0 aliphatic rings. The lowest BCUT2D eigenvalue weighted by Crippen LogP contribution is -2.20. The molecule has 0 aliphatic carbocycles. The number of hydrogen-bond donors (Lipinski definition) is 1. The summed E-state index contributed by atoms with van der Waals surface area (Å²) in [5, 5.41) is 3.24. The van der Waals surface area contributed by atoms with Crippen molar-refractivity contribution in [1.29, 1.82) is 0 Å². The number of aromatic nitrogens is 2. The Morgan fingerprint density at radius 3 is 2.45 bits per heavy atom. The Hall–Kier alpha value is -2.14. The molecule has 1 heterocycles. The molecule has 0 aliphatic heterocycles. The van der Waals surface area contributed by atoms with Crippen LogP contribution in [0.4, 0.5) is 0 Å². The van der Waals surface area contributed by atoms with Gasteiger partial charge < -0.3 is 14.8 Å². The van der Waals surface area contributed by atoms with E-state index in [0.29, 0.717) is 0 Å². The van der Waals surface area contributed by atoms with E-state index >= 15 is 0 Å². The molecule has 106 valence electrons. The number of hydrogen-bond acceptors (Lipinski definition) is 5. The summed E-state index contributed by atoms with van der Waals surface area (Å²) in [7, 11) is 5.16. The number of nitrogens with zero attached hydrogens (tertiary/aromatic N) is 2. The van der Waals surface area contributed by atoms with E-state index in [1.165, 1.54) is 0 Å². The van der Waals surface area contributed by atoms with Gasteiger partial charge in [-0.3, -0.25) is 9.97 Å². The molecule has 0 amide bonds. The maximum Gasteiger partial charge on any atom is 0.127 e. The third-order valence-electron chi connectivity index (χ3n) is 3.14. The molecule has 0 saturated carbocycles. The van der Waals surface area contributed by atoms with Gasteiger partial charge in [-0.25, -0.2) is 0 Å². The number of ether oxygens (including phenoxy) is 2. The molecule has 5 heteroatoms. The molecular formula is C15H19N3O2. The van der Waals surface area contributed by atoms with Crippen LogP contribution in [0, 0.1) is 6.92 Å². The van der Waals surface area contributed by atoms with Crippen LogP contribution in [0.15, 0.2) is 30.6 Å². The third kappa shape index (κ3) is 2.88. The fourth-order valence-electron chi connectivity index (χ4n) is 2.07. The molecular weight excluding hydrogens is 254 g/mol. The summed E-state index contributed by atoms with van der Waals surface area (Å²) in [5.41, 5.74) is 2.74. The summed E-state index contributed by atoms with van der Waals surface area (Å²) in [5.74, 6) is 1.52. The average molecular weight is 273 g/mol. The van der Waals surface area contributed by atoms with Crippen LogP contribution in [0.5, 0.6) is 11.5 Å². The zero-order chi connectivity index (χ0) is 14.5. The first-order chi connectivity index (χ1) is 9.69. The van der Waals surface area contributed by atoms with Crippen LogP contribution in [0.2, 0.25) is 0 Å². The van der Waals surface area contributed by atoms with E-state index in [9.17, 15) is 0 Å². The Morgan fingerprint density at radius 2 is 1.90 bits per heavy atom. The van der Waals surface area contributed by atoms with Gasteiger partial charge in [-0.15, -0.1) is 0 Å². The van der Waals surface area contributed by atoms with Crippen LogP contribution < -0.4 is 14.8 Å². The highest BCUT2D eigenvalue weighted by Crippen LogP contribution is 2.31. The first-order valence-electron chi connectivity index (χ1n) is 6.37. The van der Waals surface area contributed by atoms with Crippen LogP contribution in [0.3, 0.4) is 0 Å². The minimum absolute atomic E-state index is 0.0797. The summed E-state index contributed by atoms with van der Waals surface area (Å²) >= 11 is 0. The monoisotopic (exact) mass is 273 g/mol. The van der Waals surface area contributed by atoms with Crippen LogP contribution in [-0.4, -0.2) is 31.2 Å². The predicted molar refractivity (Wildman–Crippen MR) is 77.2 cm³/mol. The smallest absolute Gasteiger partial charge is 0.127 e. The van der Waals surface area contributed by atoms with E-state index in [1.807, 2.05) is 32.2 Å². The molecule has 1 N–H and O–H groups in total. The molecule has 0 fully saturated rings. The number of methoxy groups -OCH3 is 2. The number of benzene rings is 1. The quantitative estimate of drug-likeness (QED) is 0.904. The van der Waals surface area contributed by atoms with Crippen molar-refractivity contribution in [3.63, 3.8) is 0 Å². The van der Waals surface area contributed by atoms with Crippen molar-refractivity contribution in [3.8, 4) is 11.5 Å². The summed E-state index contributed by atoms with van der Waals surface area (Å²) in [6, 6.07) is 5.66. The lowest BCUT2D eigenvalue weighted by molar-refractivity contribution is 0.388. The van der Waals surface area contributed by atoms with E-state index in [1.54, 1.807) is 26.6 Å². The Morgan fingerprint density at radius 1 is 1.10 bits per heavy atom. The fraction of sp³-hybridized carbons (Fsp3) is 0.333. The predicted octanol–water partition coefficient (Wildman–Crippen LogP) is 2.11. The highest BCUT2D eigenvalue weighted by atomic mass is 16.5. The minimum atomic E-state index is -0.0797. The molecule has 0 radical (unpaired) electrons. The molecule has 0 saturated heterocycles. The normalized spacial score (nSPS) is 12.0. The van der Waals surface area contributed by atoms with Gasteiger partial charge in [-0.1, -0.05) is 0 Å². The zero-order valence-electron chi connectivity index (χ0n) is 12.2. The number of aryl methyl sites for hydroxylation is 1. The number of nitrogens with one attached hydrogen (secondary N) is 1. The lowest BCUT2D eigenvalue weighted by atomic mass is 10.0. The Bertz CT molecular complexity index is 570. The van der Waals surface area contributed by atoms with Gasteiger partial charge in [0.05, 0.1) is 37.8 Å². The highest BCUT2D eigenvalue weighted by molar-refractivity contribution is 5.44. The highest BCUT2D eigenvalue weighted by Gasteiger charge is 2.18. The standard InChI is InChI=1S/C15H19N3O2/c1-10-8-18-13(9-17-10)15(16-2)12-6-5-11(19-3)7-14(12)20-4/h5-9,15-16H,1-4H3. The largest absolute Gasteiger partial charge is 0.497 e. The van der Waals surface area contributed by atoms with Gasteiger partial charge in [0.15, 0.2) is 0 Å². The van der Waals surface area contributed by atoms with Crippen molar-refractivity contribution in [2.24, 2.45) is 0 Å². The first kappa shape index (κ1) is 14.3. The van der Waals surface area contributed by atoms with Crippen molar-refractivity contribution >= 4 is 0 Å². The molecule has 1 aromatic heterocycles. The average Bonchev–Trinajstić information content (AvgIpc) is 2.50. The summed E-state index contributed by atoms with van der Waals surface area (Å²) in [6.45, 7) is 1.92. The van der Waals surface area contributed by atoms with Crippen LogP contribution in [0.25, 0.3) is 0 Å². The van der Waals surface area contributed by atoms with Gasteiger partial charge in [0, 0.05) is 17.8 Å². The summed E-state index contributed by atoms with van der Waals surface area (Å²) < 4.78 is 10.7.